The molecule has 4 rings (SSSR count). The molecule has 0 bridgehead atoms. The molecule has 5 nitrogen and oxygen atoms in total. The first-order valence-corrected chi connectivity index (χ1v) is 12.6. The fourth-order valence-corrected chi connectivity index (χ4v) is 4.07. The number of carbonyl (C=O) groups is 1. The van der Waals surface area contributed by atoms with Gasteiger partial charge in [-0.05, 0) is 80.3 Å². The third kappa shape index (κ3) is 7.51. The van der Waals surface area contributed by atoms with Gasteiger partial charge in [-0.1, -0.05) is 48.9 Å². The van der Waals surface area contributed by atoms with Crippen molar-refractivity contribution in [1.29, 1.82) is 0 Å². The molecule has 1 saturated carbocycles. The summed E-state index contributed by atoms with van der Waals surface area (Å²) in [5.41, 5.74) is 2.70. The summed E-state index contributed by atoms with van der Waals surface area (Å²) in [7, 11) is 0. The second-order valence-corrected chi connectivity index (χ2v) is 8.79. The van der Waals surface area contributed by atoms with Crippen LogP contribution >= 0.6 is 0 Å². The van der Waals surface area contributed by atoms with Crippen LogP contribution in [0.5, 0.6) is 23.0 Å². The lowest BCUT2D eigenvalue weighted by atomic mass is 9.80. The van der Waals surface area contributed by atoms with Gasteiger partial charge in [-0.2, -0.15) is 0 Å². The van der Waals surface area contributed by atoms with Crippen molar-refractivity contribution in [3.05, 3.63) is 83.9 Å². The molecule has 1 fully saturated rings. The Kier molecular flexibility index (Phi) is 9.04. The maximum absolute atomic E-state index is 11.8. The normalized spacial score (nSPS) is 13.1. The average Bonchev–Trinajstić information content (AvgIpc) is 2.84. The lowest BCUT2D eigenvalue weighted by molar-refractivity contribution is -0.145. The Balaban J connectivity index is 1.35. The van der Waals surface area contributed by atoms with Gasteiger partial charge >= 0.3 is 5.97 Å². The number of hydrogen-bond acceptors (Lipinski definition) is 5. The summed E-state index contributed by atoms with van der Waals surface area (Å²) in [6.07, 6.45) is 6.82. The van der Waals surface area contributed by atoms with E-state index in [0.717, 1.165) is 25.0 Å². The highest BCUT2D eigenvalue weighted by atomic mass is 16.6. The Morgan fingerprint density at radius 2 is 1.63 bits per heavy atom. The van der Waals surface area contributed by atoms with E-state index in [0.29, 0.717) is 36.4 Å². The van der Waals surface area contributed by atoms with Crippen molar-refractivity contribution in [3.8, 4) is 23.0 Å². The van der Waals surface area contributed by atoms with Gasteiger partial charge in [-0.15, -0.1) is 0 Å². The van der Waals surface area contributed by atoms with Crippen LogP contribution in [0.1, 0.15) is 56.1 Å². The van der Waals surface area contributed by atoms with Crippen molar-refractivity contribution in [2.24, 2.45) is 0 Å². The van der Waals surface area contributed by atoms with Crippen molar-refractivity contribution in [2.45, 2.75) is 51.4 Å². The van der Waals surface area contributed by atoms with Crippen LogP contribution in [-0.4, -0.2) is 25.8 Å². The van der Waals surface area contributed by atoms with Gasteiger partial charge in [0.15, 0.2) is 18.1 Å². The minimum Gasteiger partial charge on any atom is -0.490 e. The number of esters is 1. The summed E-state index contributed by atoms with van der Waals surface area (Å²) >= 11 is 0. The van der Waals surface area contributed by atoms with Gasteiger partial charge in [0.1, 0.15) is 11.5 Å². The van der Waals surface area contributed by atoms with Gasteiger partial charge in [0.05, 0.1) is 13.2 Å². The zero-order valence-electron chi connectivity index (χ0n) is 20.4. The highest BCUT2D eigenvalue weighted by Gasteiger charge is 2.19. The molecule has 1 aliphatic carbocycles. The first-order valence-electron chi connectivity index (χ1n) is 12.6. The maximum atomic E-state index is 11.8. The van der Waals surface area contributed by atoms with E-state index in [1.165, 1.54) is 30.4 Å². The number of benzene rings is 3. The largest absolute Gasteiger partial charge is 0.490 e. The fraction of sp³-hybridized carbons (Fsp3) is 0.367. The monoisotopic (exact) mass is 474 g/mol. The molecule has 0 heterocycles. The topological polar surface area (TPSA) is 54.0 Å². The molecule has 35 heavy (non-hydrogen) atoms. The van der Waals surface area contributed by atoms with Crippen molar-refractivity contribution < 1.29 is 23.7 Å². The van der Waals surface area contributed by atoms with Gasteiger partial charge in [0, 0.05) is 6.07 Å². The standard InChI is InChI=1S/C30H34O5/c1-2-32-30(31)22-34-29-21-27(35-26-16-14-25(15-17-26)24-12-8-13-24)18-19-28(29)33-20-7-6-11-23-9-4-3-5-10-23/h3-5,9-10,14-19,21,24H,2,6-8,11-13,20,22H2,1H3. The molecular formula is C30H34O5. The Hall–Kier alpha value is -3.47. The van der Waals surface area contributed by atoms with E-state index >= 15 is 0 Å². The highest BCUT2D eigenvalue weighted by Crippen LogP contribution is 2.38. The predicted octanol–water partition coefficient (Wildman–Crippen LogP) is 7.09. The minimum absolute atomic E-state index is 0.183. The Morgan fingerprint density at radius 3 is 2.34 bits per heavy atom. The molecule has 0 unspecified atom stereocenters. The van der Waals surface area contributed by atoms with Crippen molar-refractivity contribution in [1.82, 2.24) is 0 Å². The molecule has 0 radical (unpaired) electrons. The van der Waals surface area contributed by atoms with Crippen molar-refractivity contribution in [3.63, 3.8) is 0 Å². The Bertz CT molecular complexity index is 1060. The molecule has 0 saturated heterocycles. The van der Waals surface area contributed by atoms with Crippen LogP contribution in [0.25, 0.3) is 0 Å². The van der Waals surface area contributed by atoms with Gasteiger partial charge in [-0.3, -0.25) is 0 Å². The number of unbranched alkanes of at least 4 members (excludes halogenated alkanes) is 1. The molecule has 0 aliphatic heterocycles. The molecule has 0 spiro atoms. The minimum atomic E-state index is -0.417. The van der Waals surface area contributed by atoms with E-state index in [1.54, 1.807) is 13.0 Å². The summed E-state index contributed by atoms with van der Waals surface area (Å²) in [5.74, 6) is 2.71. The Labute approximate surface area is 208 Å². The molecule has 3 aromatic carbocycles. The van der Waals surface area contributed by atoms with Gasteiger partial charge in [-0.25, -0.2) is 4.79 Å². The summed E-state index contributed by atoms with van der Waals surface area (Å²) < 4.78 is 22.8. The molecule has 5 heteroatoms. The number of carbonyl (C=O) groups excluding carboxylic acids is 1. The molecule has 3 aromatic rings. The first kappa shape index (κ1) is 24.6. The average molecular weight is 475 g/mol. The van der Waals surface area contributed by atoms with Crippen LogP contribution in [-0.2, 0) is 16.0 Å². The number of ether oxygens (including phenoxy) is 4. The lowest BCUT2D eigenvalue weighted by Gasteiger charge is -2.25. The number of rotatable bonds is 13. The molecule has 0 N–H and O–H groups in total. The molecular weight excluding hydrogens is 440 g/mol. The smallest absolute Gasteiger partial charge is 0.344 e. The molecule has 0 amide bonds. The van der Waals surface area contributed by atoms with E-state index in [9.17, 15) is 4.79 Å². The molecule has 0 aromatic heterocycles. The summed E-state index contributed by atoms with van der Waals surface area (Å²) in [4.78, 5) is 11.8. The number of hydrogen-bond donors (Lipinski definition) is 0. The van der Waals surface area contributed by atoms with E-state index in [-0.39, 0.29) is 6.61 Å². The molecule has 1 aliphatic rings. The zero-order valence-corrected chi connectivity index (χ0v) is 20.4. The zero-order chi connectivity index (χ0) is 24.3. The molecule has 0 atom stereocenters. The van der Waals surface area contributed by atoms with Crippen molar-refractivity contribution in [2.75, 3.05) is 19.8 Å². The summed E-state index contributed by atoms with van der Waals surface area (Å²) in [5, 5.41) is 0. The van der Waals surface area contributed by atoms with Crippen LogP contribution in [0.2, 0.25) is 0 Å². The van der Waals surface area contributed by atoms with Gasteiger partial charge in [0.25, 0.3) is 0 Å². The predicted molar refractivity (Wildman–Crippen MR) is 137 cm³/mol. The van der Waals surface area contributed by atoms with Gasteiger partial charge in [0.2, 0.25) is 0 Å². The first-order chi connectivity index (χ1) is 17.2. The summed E-state index contributed by atoms with van der Waals surface area (Å²) in [6, 6.07) is 24.2. The second-order valence-electron chi connectivity index (χ2n) is 8.79. The third-order valence-corrected chi connectivity index (χ3v) is 6.22. The van der Waals surface area contributed by atoms with Crippen LogP contribution < -0.4 is 14.2 Å². The van der Waals surface area contributed by atoms with Crippen molar-refractivity contribution >= 4 is 5.97 Å². The van der Waals surface area contributed by atoms with E-state index < -0.39 is 5.97 Å². The number of aryl methyl sites for hydroxylation is 1. The highest BCUT2D eigenvalue weighted by molar-refractivity contribution is 5.71. The second kappa shape index (κ2) is 12.8. The van der Waals surface area contributed by atoms with E-state index in [1.807, 2.05) is 30.3 Å². The van der Waals surface area contributed by atoms with E-state index in [2.05, 4.69) is 36.4 Å². The lowest BCUT2D eigenvalue weighted by Crippen LogP contribution is -2.15. The molecule has 184 valence electrons. The fourth-order valence-electron chi connectivity index (χ4n) is 4.07. The quantitative estimate of drug-likeness (QED) is 0.195. The van der Waals surface area contributed by atoms with Gasteiger partial charge < -0.3 is 18.9 Å². The van der Waals surface area contributed by atoms with Crippen LogP contribution in [0.4, 0.5) is 0 Å². The Morgan fingerprint density at radius 1 is 0.857 bits per heavy atom. The van der Waals surface area contributed by atoms with Crippen LogP contribution in [0, 0.1) is 0 Å². The maximum Gasteiger partial charge on any atom is 0.344 e. The van der Waals surface area contributed by atoms with Crippen LogP contribution in [0.15, 0.2) is 72.8 Å². The summed E-state index contributed by atoms with van der Waals surface area (Å²) in [6.45, 7) is 2.46. The van der Waals surface area contributed by atoms with E-state index in [4.69, 9.17) is 18.9 Å². The SMILES string of the molecule is CCOC(=O)COc1cc(Oc2ccc(C3CCC3)cc2)ccc1OCCCCc1ccccc1. The third-order valence-electron chi connectivity index (χ3n) is 6.22. The van der Waals surface area contributed by atoms with Crippen LogP contribution in [0.3, 0.4) is 0 Å².